The molecule has 0 bridgehead atoms. The predicted molar refractivity (Wildman–Crippen MR) is 72.8 cm³/mol. The summed E-state index contributed by atoms with van der Waals surface area (Å²) in [4.78, 5) is 10.4. The Balaban J connectivity index is -0.000000376. The lowest BCUT2D eigenvalue weighted by atomic mass is 10.1. The number of hydrogen-bond acceptors (Lipinski definition) is 1. The van der Waals surface area contributed by atoms with Crippen LogP contribution in [-0.4, -0.2) is 11.1 Å². The van der Waals surface area contributed by atoms with E-state index >= 15 is 0 Å². The summed E-state index contributed by atoms with van der Waals surface area (Å²) in [5.74, 6) is -0.768. The van der Waals surface area contributed by atoms with Crippen LogP contribution in [0.25, 0.3) is 0 Å². The Bertz CT molecular complexity index is 191. The molecule has 0 radical (unpaired) electrons. The van der Waals surface area contributed by atoms with Crippen LogP contribution in [0.3, 0.4) is 0 Å². The first-order chi connectivity index (χ1) is 7.70. The van der Waals surface area contributed by atoms with Gasteiger partial charge in [0.2, 0.25) is 0 Å². The molecule has 0 aliphatic carbocycles. The van der Waals surface area contributed by atoms with Gasteiger partial charge < -0.3 is 5.11 Å². The average Bonchev–Trinajstić information content (AvgIpc) is 2.31. The SMILES string of the molecule is CC.CC.CC/C=C\C(=C/CC)CC(=O)O. The molecule has 16 heavy (non-hydrogen) atoms. The monoisotopic (exact) mass is 228 g/mol. The van der Waals surface area contributed by atoms with Crippen molar-refractivity contribution in [2.75, 3.05) is 0 Å². The Hall–Kier alpha value is -1.05. The van der Waals surface area contributed by atoms with Gasteiger partial charge in [0.05, 0.1) is 6.42 Å². The maximum atomic E-state index is 10.4. The highest BCUT2D eigenvalue weighted by molar-refractivity contribution is 5.70. The topological polar surface area (TPSA) is 37.3 Å². The lowest BCUT2D eigenvalue weighted by Crippen LogP contribution is -1.95. The van der Waals surface area contributed by atoms with Gasteiger partial charge in [-0.05, 0) is 18.4 Å². The van der Waals surface area contributed by atoms with Crippen molar-refractivity contribution in [2.24, 2.45) is 0 Å². The first kappa shape index (κ1) is 20.4. The lowest BCUT2D eigenvalue weighted by molar-refractivity contribution is -0.136. The van der Waals surface area contributed by atoms with E-state index in [1.54, 1.807) is 0 Å². The van der Waals surface area contributed by atoms with Crippen LogP contribution >= 0.6 is 0 Å². The fourth-order valence-corrected chi connectivity index (χ4v) is 0.905. The van der Waals surface area contributed by atoms with E-state index in [9.17, 15) is 4.79 Å². The van der Waals surface area contributed by atoms with Crippen molar-refractivity contribution >= 4 is 5.97 Å². The third-order valence-corrected chi connectivity index (χ3v) is 1.39. The van der Waals surface area contributed by atoms with E-state index in [-0.39, 0.29) is 6.42 Å². The van der Waals surface area contributed by atoms with Crippen molar-refractivity contribution in [1.82, 2.24) is 0 Å². The molecule has 0 heterocycles. The van der Waals surface area contributed by atoms with E-state index in [1.165, 1.54) is 0 Å². The van der Waals surface area contributed by atoms with Gasteiger partial charge in [0.15, 0.2) is 0 Å². The zero-order valence-corrected chi connectivity index (χ0v) is 11.7. The molecule has 0 saturated carbocycles. The number of carboxylic acid groups (broad SMARTS) is 1. The van der Waals surface area contributed by atoms with Crippen molar-refractivity contribution < 1.29 is 9.90 Å². The van der Waals surface area contributed by atoms with Crippen molar-refractivity contribution in [1.29, 1.82) is 0 Å². The molecule has 0 aliphatic heterocycles. The molecule has 0 atom stereocenters. The molecule has 2 nitrogen and oxygen atoms in total. The highest BCUT2D eigenvalue weighted by Crippen LogP contribution is 2.05. The average molecular weight is 228 g/mol. The molecule has 0 saturated heterocycles. The van der Waals surface area contributed by atoms with Gasteiger partial charge in [-0.1, -0.05) is 59.8 Å². The van der Waals surface area contributed by atoms with Crippen LogP contribution in [0.5, 0.6) is 0 Å². The number of hydrogen-bond donors (Lipinski definition) is 1. The molecule has 0 amide bonds. The molecule has 0 fully saturated rings. The van der Waals surface area contributed by atoms with E-state index in [0.29, 0.717) is 0 Å². The van der Waals surface area contributed by atoms with Gasteiger partial charge in [-0.25, -0.2) is 0 Å². The number of rotatable bonds is 5. The molecule has 0 rings (SSSR count). The van der Waals surface area contributed by atoms with Crippen LogP contribution in [0.1, 0.15) is 60.8 Å². The molecule has 0 aromatic carbocycles. The third kappa shape index (κ3) is 18.7. The summed E-state index contributed by atoms with van der Waals surface area (Å²) in [5.41, 5.74) is 0.895. The standard InChI is InChI=1S/C10H16O2.2C2H6/c1-3-5-7-9(6-4-2)8-10(11)12;2*1-2/h5-7H,3-4,8H2,1-2H3,(H,11,12);2*1-2H3/b7-5-,9-6+;;. The number of aliphatic carboxylic acids is 1. The maximum Gasteiger partial charge on any atom is 0.307 e. The summed E-state index contributed by atoms with van der Waals surface area (Å²) in [5, 5.41) is 8.54. The Morgan fingerprint density at radius 2 is 1.56 bits per heavy atom. The van der Waals surface area contributed by atoms with Gasteiger partial charge in [-0.15, -0.1) is 0 Å². The second-order valence-corrected chi connectivity index (χ2v) is 2.57. The lowest BCUT2D eigenvalue weighted by Gasteiger charge is -1.96. The minimum atomic E-state index is -0.768. The van der Waals surface area contributed by atoms with Crippen LogP contribution in [0, 0.1) is 0 Å². The Labute approximate surface area is 101 Å². The van der Waals surface area contributed by atoms with E-state index in [4.69, 9.17) is 5.11 Å². The smallest absolute Gasteiger partial charge is 0.307 e. The van der Waals surface area contributed by atoms with E-state index in [2.05, 4.69) is 0 Å². The second-order valence-electron chi connectivity index (χ2n) is 2.57. The summed E-state index contributed by atoms with van der Waals surface area (Å²) in [6.45, 7) is 12.0. The molecule has 2 heteroatoms. The maximum absolute atomic E-state index is 10.4. The van der Waals surface area contributed by atoms with E-state index in [1.807, 2.05) is 59.8 Å². The first-order valence-corrected chi connectivity index (χ1v) is 6.28. The van der Waals surface area contributed by atoms with E-state index < -0.39 is 5.97 Å². The van der Waals surface area contributed by atoms with Crippen molar-refractivity contribution in [2.45, 2.75) is 60.8 Å². The van der Waals surface area contributed by atoms with Crippen molar-refractivity contribution in [3.8, 4) is 0 Å². The largest absolute Gasteiger partial charge is 0.481 e. The van der Waals surface area contributed by atoms with Gasteiger partial charge in [0, 0.05) is 0 Å². The molecule has 0 aromatic rings. The van der Waals surface area contributed by atoms with Crippen LogP contribution in [0.2, 0.25) is 0 Å². The van der Waals surface area contributed by atoms with Crippen LogP contribution in [-0.2, 0) is 4.79 Å². The molecule has 0 aromatic heterocycles. The zero-order valence-electron chi connectivity index (χ0n) is 11.7. The zero-order chi connectivity index (χ0) is 13.4. The van der Waals surface area contributed by atoms with Crippen LogP contribution in [0.4, 0.5) is 0 Å². The van der Waals surface area contributed by atoms with Crippen molar-refractivity contribution in [3.63, 3.8) is 0 Å². The molecule has 0 unspecified atom stereocenters. The summed E-state index contributed by atoms with van der Waals surface area (Å²) >= 11 is 0. The molecule has 96 valence electrons. The summed E-state index contributed by atoms with van der Waals surface area (Å²) < 4.78 is 0. The van der Waals surface area contributed by atoms with Gasteiger partial charge in [-0.2, -0.15) is 0 Å². The van der Waals surface area contributed by atoms with Gasteiger partial charge in [0.1, 0.15) is 0 Å². The molecular formula is C14H28O2. The molecular weight excluding hydrogens is 200 g/mol. The van der Waals surface area contributed by atoms with Gasteiger partial charge in [0.25, 0.3) is 0 Å². The van der Waals surface area contributed by atoms with Gasteiger partial charge >= 0.3 is 5.97 Å². The normalized spacial score (nSPS) is 10.0. The molecule has 0 aliphatic rings. The fraction of sp³-hybridized carbons (Fsp3) is 0.643. The second kappa shape index (κ2) is 19.5. The Kier molecular flexibility index (Phi) is 24.8. The quantitative estimate of drug-likeness (QED) is 0.685. The number of allylic oxidation sites excluding steroid dienone is 3. The highest BCUT2D eigenvalue weighted by Gasteiger charge is 1.98. The number of carbonyl (C=O) groups is 1. The van der Waals surface area contributed by atoms with Crippen molar-refractivity contribution in [3.05, 3.63) is 23.8 Å². The summed E-state index contributed by atoms with van der Waals surface area (Å²) in [7, 11) is 0. The first-order valence-electron chi connectivity index (χ1n) is 6.28. The fourth-order valence-electron chi connectivity index (χ4n) is 0.905. The summed E-state index contributed by atoms with van der Waals surface area (Å²) in [6, 6.07) is 0. The highest BCUT2D eigenvalue weighted by atomic mass is 16.4. The Morgan fingerprint density at radius 3 is 1.88 bits per heavy atom. The predicted octanol–water partition coefficient (Wildman–Crippen LogP) is 4.82. The van der Waals surface area contributed by atoms with Gasteiger partial charge in [-0.3, -0.25) is 4.79 Å². The minimum absolute atomic E-state index is 0.129. The third-order valence-electron chi connectivity index (χ3n) is 1.39. The molecule has 0 spiro atoms. The summed E-state index contributed by atoms with van der Waals surface area (Å²) in [6.07, 6.45) is 7.77. The minimum Gasteiger partial charge on any atom is -0.481 e. The van der Waals surface area contributed by atoms with Crippen LogP contribution in [0.15, 0.2) is 23.8 Å². The number of carboxylic acids is 1. The van der Waals surface area contributed by atoms with Crippen LogP contribution < -0.4 is 0 Å². The van der Waals surface area contributed by atoms with E-state index in [0.717, 1.165) is 18.4 Å². The molecule has 1 N–H and O–H groups in total. The Morgan fingerprint density at radius 1 is 1.06 bits per heavy atom.